The first kappa shape index (κ1) is 22.6. The van der Waals surface area contributed by atoms with E-state index in [0.29, 0.717) is 23.7 Å². The Hall–Kier alpha value is -3.60. The number of hydrogen-bond donors (Lipinski definition) is 1. The number of anilines is 2. The Morgan fingerprint density at radius 3 is 2.24 bits per heavy atom. The fourth-order valence-corrected chi connectivity index (χ4v) is 4.44. The number of amides is 2. The van der Waals surface area contributed by atoms with Gasteiger partial charge in [0.2, 0.25) is 0 Å². The molecule has 4 rings (SSSR count). The van der Waals surface area contributed by atoms with Gasteiger partial charge in [-0.05, 0) is 48.1 Å². The maximum atomic E-state index is 13.2. The molecule has 3 aromatic rings. The summed E-state index contributed by atoms with van der Waals surface area (Å²) in [6.07, 6.45) is 0.943. The highest BCUT2D eigenvalue weighted by Crippen LogP contribution is 2.41. The molecule has 0 aromatic heterocycles. The van der Waals surface area contributed by atoms with Crippen LogP contribution in [0.2, 0.25) is 0 Å². The van der Waals surface area contributed by atoms with Crippen LogP contribution in [0.5, 0.6) is 0 Å². The third-order valence-corrected chi connectivity index (χ3v) is 6.12. The first-order valence-electron chi connectivity index (χ1n) is 11.4. The van der Waals surface area contributed by atoms with Gasteiger partial charge in [0, 0.05) is 12.0 Å². The van der Waals surface area contributed by atoms with Gasteiger partial charge in [0.25, 0.3) is 0 Å². The number of ether oxygens (including phenoxy) is 1. The van der Waals surface area contributed by atoms with Crippen LogP contribution in [0.4, 0.5) is 16.2 Å². The fraction of sp³-hybridized carbons (Fsp3) is 0.286. The Morgan fingerprint density at radius 1 is 0.939 bits per heavy atom. The summed E-state index contributed by atoms with van der Waals surface area (Å²) in [5, 5.41) is 0. The third kappa shape index (κ3) is 4.77. The van der Waals surface area contributed by atoms with E-state index in [4.69, 9.17) is 10.5 Å². The SMILES string of the molecule is CC(C)Cc1ccc([C@@H](C)C(=O)O[C@@H]2Cc3ccccc3N(C(N)=O)c3ccccc32)cc1. The van der Waals surface area contributed by atoms with Crippen molar-refractivity contribution < 1.29 is 14.3 Å². The van der Waals surface area contributed by atoms with Crippen molar-refractivity contribution in [2.75, 3.05) is 4.90 Å². The first-order chi connectivity index (χ1) is 15.8. The lowest BCUT2D eigenvalue weighted by Gasteiger charge is -2.24. The molecule has 0 spiro atoms. The largest absolute Gasteiger partial charge is 0.457 e. The number of nitrogens with zero attached hydrogens (tertiary/aromatic N) is 1. The number of benzene rings is 3. The van der Waals surface area contributed by atoms with Crippen LogP contribution >= 0.6 is 0 Å². The van der Waals surface area contributed by atoms with Crippen LogP contribution in [0.15, 0.2) is 72.8 Å². The average Bonchev–Trinajstić information content (AvgIpc) is 2.93. The maximum Gasteiger partial charge on any atom is 0.323 e. The van der Waals surface area contributed by atoms with Crippen LogP contribution in [0.1, 0.15) is 55.0 Å². The van der Waals surface area contributed by atoms with E-state index in [9.17, 15) is 9.59 Å². The smallest absolute Gasteiger partial charge is 0.323 e. The minimum Gasteiger partial charge on any atom is -0.457 e. The normalized spacial score (nSPS) is 15.9. The summed E-state index contributed by atoms with van der Waals surface area (Å²) in [5.74, 6) is -0.121. The summed E-state index contributed by atoms with van der Waals surface area (Å²) < 4.78 is 6.08. The molecule has 1 aliphatic heterocycles. The zero-order valence-electron chi connectivity index (χ0n) is 19.3. The molecule has 1 heterocycles. The van der Waals surface area contributed by atoms with Crippen molar-refractivity contribution in [2.45, 2.75) is 45.6 Å². The molecule has 170 valence electrons. The average molecular weight is 443 g/mol. The summed E-state index contributed by atoms with van der Waals surface area (Å²) in [5.41, 5.74) is 11.0. The van der Waals surface area contributed by atoms with Crippen molar-refractivity contribution in [3.05, 3.63) is 95.1 Å². The number of rotatable bonds is 5. The number of fused-ring (bicyclic) bond motifs is 2. The minimum absolute atomic E-state index is 0.295. The van der Waals surface area contributed by atoms with E-state index in [2.05, 4.69) is 26.0 Å². The number of carbonyl (C=O) groups is 2. The highest BCUT2D eigenvalue weighted by atomic mass is 16.5. The topological polar surface area (TPSA) is 72.6 Å². The van der Waals surface area contributed by atoms with E-state index in [1.807, 2.05) is 67.6 Å². The van der Waals surface area contributed by atoms with Crippen LogP contribution < -0.4 is 10.6 Å². The maximum absolute atomic E-state index is 13.2. The van der Waals surface area contributed by atoms with Crippen molar-refractivity contribution in [2.24, 2.45) is 11.7 Å². The lowest BCUT2D eigenvalue weighted by atomic mass is 9.96. The summed E-state index contributed by atoms with van der Waals surface area (Å²) >= 11 is 0. The molecule has 0 saturated carbocycles. The van der Waals surface area contributed by atoms with E-state index < -0.39 is 18.1 Å². The number of nitrogens with two attached hydrogens (primary N) is 1. The Balaban J connectivity index is 1.62. The zero-order valence-corrected chi connectivity index (χ0v) is 19.3. The molecule has 0 unspecified atom stereocenters. The number of esters is 1. The molecular formula is C28H30N2O3. The van der Waals surface area contributed by atoms with Crippen LogP contribution in [-0.2, 0) is 22.4 Å². The van der Waals surface area contributed by atoms with Crippen molar-refractivity contribution in [3.63, 3.8) is 0 Å². The van der Waals surface area contributed by atoms with Crippen LogP contribution in [0.3, 0.4) is 0 Å². The number of primary amides is 1. The summed E-state index contributed by atoms with van der Waals surface area (Å²) in [6, 6.07) is 22.7. The van der Waals surface area contributed by atoms with Gasteiger partial charge in [-0.3, -0.25) is 9.69 Å². The zero-order chi connectivity index (χ0) is 23.5. The summed E-state index contributed by atoms with van der Waals surface area (Å²) in [6.45, 7) is 6.25. The van der Waals surface area contributed by atoms with E-state index in [1.165, 1.54) is 10.5 Å². The highest BCUT2D eigenvalue weighted by molar-refractivity contribution is 6.00. The molecule has 0 fully saturated rings. The molecule has 0 aliphatic carbocycles. The Labute approximate surface area is 195 Å². The van der Waals surface area contributed by atoms with Gasteiger partial charge >= 0.3 is 12.0 Å². The van der Waals surface area contributed by atoms with Gasteiger partial charge < -0.3 is 10.5 Å². The lowest BCUT2D eigenvalue weighted by molar-refractivity contribution is -0.150. The molecule has 3 aromatic carbocycles. The second kappa shape index (κ2) is 9.49. The van der Waals surface area contributed by atoms with Crippen molar-refractivity contribution in [1.82, 2.24) is 0 Å². The van der Waals surface area contributed by atoms with Crippen LogP contribution in [-0.4, -0.2) is 12.0 Å². The van der Waals surface area contributed by atoms with Crippen molar-refractivity contribution in [3.8, 4) is 0 Å². The predicted octanol–water partition coefficient (Wildman–Crippen LogP) is 6.05. The standard InChI is InChI=1S/C28H30N2O3/c1-18(2)16-20-12-14-21(15-13-20)19(3)27(31)33-26-17-22-8-4-6-10-24(22)30(28(29)32)25-11-7-5-9-23(25)26/h4-15,18-19,26H,16-17H2,1-3H3,(H2,29,32)/t19-,26-/m1/s1. The fourth-order valence-electron chi connectivity index (χ4n) is 4.44. The summed E-state index contributed by atoms with van der Waals surface area (Å²) in [7, 11) is 0. The van der Waals surface area contributed by atoms with Gasteiger partial charge in [0.05, 0.1) is 17.3 Å². The van der Waals surface area contributed by atoms with Crippen LogP contribution in [0.25, 0.3) is 0 Å². The molecule has 5 heteroatoms. The Kier molecular flexibility index (Phi) is 6.50. The molecule has 2 amide bonds. The molecule has 0 saturated heterocycles. The summed E-state index contributed by atoms with van der Waals surface area (Å²) in [4.78, 5) is 27.1. The van der Waals surface area contributed by atoms with E-state index in [0.717, 1.165) is 23.1 Å². The highest BCUT2D eigenvalue weighted by Gasteiger charge is 2.32. The Morgan fingerprint density at radius 2 is 1.58 bits per heavy atom. The van der Waals surface area contributed by atoms with E-state index >= 15 is 0 Å². The molecule has 0 bridgehead atoms. The van der Waals surface area contributed by atoms with Gasteiger partial charge in [-0.15, -0.1) is 0 Å². The molecule has 5 nitrogen and oxygen atoms in total. The number of carbonyl (C=O) groups excluding carboxylic acids is 2. The van der Waals surface area contributed by atoms with E-state index in [1.54, 1.807) is 0 Å². The molecule has 33 heavy (non-hydrogen) atoms. The van der Waals surface area contributed by atoms with Gasteiger partial charge in [-0.2, -0.15) is 0 Å². The first-order valence-corrected chi connectivity index (χ1v) is 11.4. The number of hydrogen-bond acceptors (Lipinski definition) is 3. The van der Waals surface area contributed by atoms with Gasteiger partial charge in [0.1, 0.15) is 6.10 Å². The predicted molar refractivity (Wildman–Crippen MR) is 131 cm³/mol. The van der Waals surface area contributed by atoms with Gasteiger partial charge in [-0.25, -0.2) is 4.79 Å². The van der Waals surface area contributed by atoms with Gasteiger partial charge in [-0.1, -0.05) is 74.5 Å². The molecular weight excluding hydrogens is 412 g/mol. The number of urea groups is 1. The van der Waals surface area contributed by atoms with Crippen LogP contribution in [0, 0.1) is 5.92 Å². The quantitative estimate of drug-likeness (QED) is 0.489. The lowest BCUT2D eigenvalue weighted by Crippen LogP contribution is -2.32. The monoisotopic (exact) mass is 442 g/mol. The minimum atomic E-state index is -0.572. The second-order valence-electron chi connectivity index (χ2n) is 9.05. The van der Waals surface area contributed by atoms with Crippen molar-refractivity contribution in [1.29, 1.82) is 0 Å². The molecule has 0 radical (unpaired) electrons. The second-order valence-corrected chi connectivity index (χ2v) is 9.05. The third-order valence-electron chi connectivity index (χ3n) is 6.12. The molecule has 1 aliphatic rings. The molecule has 2 atom stereocenters. The molecule has 2 N–H and O–H groups in total. The Bertz CT molecular complexity index is 1150. The van der Waals surface area contributed by atoms with E-state index in [-0.39, 0.29) is 5.97 Å². The van der Waals surface area contributed by atoms with Gasteiger partial charge in [0.15, 0.2) is 0 Å². The number of para-hydroxylation sites is 2. The van der Waals surface area contributed by atoms with Crippen molar-refractivity contribution >= 4 is 23.4 Å².